The van der Waals surface area contributed by atoms with Gasteiger partial charge in [-0.1, -0.05) is 70.9 Å². The van der Waals surface area contributed by atoms with E-state index in [9.17, 15) is 5.26 Å². The molecular weight excluding hydrogens is 318 g/mol. The lowest BCUT2D eigenvalue weighted by Crippen LogP contribution is -2.22. The van der Waals surface area contributed by atoms with Crippen molar-refractivity contribution in [2.75, 3.05) is 6.61 Å². The summed E-state index contributed by atoms with van der Waals surface area (Å²) in [6, 6.07) is 11.0. The number of benzene rings is 1. The molecule has 0 radical (unpaired) electrons. The summed E-state index contributed by atoms with van der Waals surface area (Å²) in [5.41, 5.74) is 1.27. The first-order chi connectivity index (χ1) is 12.8. The van der Waals surface area contributed by atoms with E-state index in [1.54, 1.807) is 0 Å². The molecule has 2 rings (SSSR count). The van der Waals surface area contributed by atoms with Crippen molar-refractivity contribution in [3.05, 3.63) is 29.8 Å². The monoisotopic (exact) mass is 355 g/mol. The van der Waals surface area contributed by atoms with E-state index in [0.29, 0.717) is 5.92 Å². The molecule has 0 saturated heterocycles. The average molecular weight is 356 g/mol. The molecule has 1 atom stereocenters. The van der Waals surface area contributed by atoms with Gasteiger partial charge in [-0.3, -0.25) is 0 Å². The summed E-state index contributed by atoms with van der Waals surface area (Å²) in [7, 11) is 0. The van der Waals surface area contributed by atoms with Crippen molar-refractivity contribution >= 4 is 0 Å². The van der Waals surface area contributed by atoms with Crippen molar-refractivity contribution in [3.63, 3.8) is 0 Å². The molecule has 144 valence electrons. The first-order valence-corrected chi connectivity index (χ1v) is 10.9. The summed E-state index contributed by atoms with van der Waals surface area (Å²) >= 11 is 0. The first-order valence-electron chi connectivity index (χ1n) is 10.9. The Balaban J connectivity index is 1.78. The highest BCUT2D eigenvalue weighted by atomic mass is 16.5. The summed E-state index contributed by atoms with van der Waals surface area (Å²) in [5, 5.41) is 9.70. The number of hydrogen-bond acceptors (Lipinski definition) is 2. The number of hydrogen-bond donors (Lipinski definition) is 0. The van der Waals surface area contributed by atoms with Crippen molar-refractivity contribution in [1.82, 2.24) is 0 Å². The number of ether oxygens (including phenoxy) is 1. The van der Waals surface area contributed by atoms with Crippen molar-refractivity contribution in [2.24, 2.45) is 17.8 Å². The lowest BCUT2D eigenvalue weighted by Gasteiger charge is -2.31. The Hall–Kier alpha value is -1.49. The van der Waals surface area contributed by atoms with E-state index < -0.39 is 0 Å². The average Bonchev–Trinajstić information content (AvgIpc) is 2.68. The van der Waals surface area contributed by atoms with Gasteiger partial charge in [0.1, 0.15) is 5.75 Å². The van der Waals surface area contributed by atoms with Crippen LogP contribution in [-0.2, 0) is 6.42 Å². The zero-order chi connectivity index (χ0) is 18.6. The maximum Gasteiger partial charge on any atom is 0.119 e. The van der Waals surface area contributed by atoms with Gasteiger partial charge in [0.2, 0.25) is 0 Å². The van der Waals surface area contributed by atoms with Crippen molar-refractivity contribution in [3.8, 4) is 11.8 Å². The third-order valence-electron chi connectivity index (χ3n) is 5.99. The topological polar surface area (TPSA) is 33.0 Å². The van der Waals surface area contributed by atoms with Crippen LogP contribution in [0.5, 0.6) is 5.75 Å². The van der Waals surface area contributed by atoms with Gasteiger partial charge >= 0.3 is 0 Å². The molecule has 0 aromatic heterocycles. The van der Waals surface area contributed by atoms with Crippen LogP contribution in [0, 0.1) is 29.1 Å². The number of nitriles is 1. The van der Waals surface area contributed by atoms with E-state index >= 15 is 0 Å². The molecule has 1 unspecified atom stereocenters. The van der Waals surface area contributed by atoms with Crippen LogP contribution in [0.15, 0.2) is 24.3 Å². The fourth-order valence-electron chi connectivity index (χ4n) is 4.19. The predicted molar refractivity (Wildman–Crippen MR) is 109 cm³/mol. The van der Waals surface area contributed by atoms with Gasteiger partial charge in [-0.2, -0.15) is 5.26 Å². The van der Waals surface area contributed by atoms with E-state index in [0.717, 1.165) is 37.5 Å². The number of nitrogens with zero attached hydrogens (tertiary/aromatic N) is 1. The SMILES string of the molecule is CCCCCC1CCC(C(C#N)Cc2ccc(OCCCC)cc2)CC1. The summed E-state index contributed by atoms with van der Waals surface area (Å²) in [6.07, 6.45) is 13.8. The largest absolute Gasteiger partial charge is 0.494 e. The molecular formula is C24H37NO. The molecule has 0 spiro atoms. The van der Waals surface area contributed by atoms with Gasteiger partial charge in [0.05, 0.1) is 18.6 Å². The molecule has 1 aliphatic rings. The fourth-order valence-corrected chi connectivity index (χ4v) is 4.19. The lowest BCUT2D eigenvalue weighted by atomic mass is 9.73. The van der Waals surface area contributed by atoms with Crippen LogP contribution in [-0.4, -0.2) is 6.61 Å². The third-order valence-corrected chi connectivity index (χ3v) is 5.99. The minimum Gasteiger partial charge on any atom is -0.494 e. The molecule has 1 fully saturated rings. The lowest BCUT2D eigenvalue weighted by molar-refractivity contribution is 0.221. The predicted octanol–water partition coefficient (Wildman–Crippen LogP) is 6.93. The fraction of sp³-hybridized carbons (Fsp3) is 0.708. The Morgan fingerprint density at radius 3 is 2.31 bits per heavy atom. The minimum absolute atomic E-state index is 0.165. The minimum atomic E-state index is 0.165. The zero-order valence-electron chi connectivity index (χ0n) is 16.9. The van der Waals surface area contributed by atoms with Gasteiger partial charge in [0.15, 0.2) is 0 Å². The Morgan fingerprint density at radius 2 is 1.69 bits per heavy atom. The number of unbranched alkanes of at least 4 members (excludes halogenated alkanes) is 3. The molecule has 0 bridgehead atoms. The van der Waals surface area contributed by atoms with Gasteiger partial charge in [-0.15, -0.1) is 0 Å². The normalized spacial score (nSPS) is 21.1. The Kier molecular flexibility index (Phi) is 9.61. The Morgan fingerprint density at radius 1 is 1.00 bits per heavy atom. The van der Waals surface area contributed by atoms with E-state index in [1.807, 2.05) is 0 Å². The molecule has 2 nitrogen and oxygen atoms in total. The summed E-state index contributed by atoms with van der Waals surface area (Å²) in [4.78, 5) is 0. The molecule has 0 aliphatic heterocycles. The molecule has 0 heterocycles. The molecule has 1 aliphatic carbocycles. The number of rotatable bonds is 11. The summed E-state index contributed by atoms with van der Waals surface area (Å²) in [5.74, 6) is 2.61. The van der Waals surface area contributed by atoms with Crippen LogP contribution in [0.2, 0.25) is 0 Å². The van der Waals surface area contributed by atoms with Crippen molar-refractivity contribution in [2.45, 2.75) is 84.5 Å². The third kappa shape index (κ3) is 7.02. The smallest absolute Gasteiger partial charge is 0.119 e. The maximum absolute atomic E-state index is 9.70. The molecule has 0 amide bonds. The van der Waals surface area contributed by atoms with Crippen molar-refractivity contribution < 1.29 is 4.74 Å². The molecule has 2 heteroatoms. The van der Waals surface area contributed by atoms with Crippen molar-refractivity contribution in [1.29, 1.82) is 5.26 Å². The van der Waals surface area contributed by atoms with E-state index in [1.165, 1.54) is 56.9 Å². The molecule has 0 N–H and O–H groups in total. The second-order valence-corrected chi connectivity index (χ2v) is 8.06. The van der Waals surface area contributed by atoms with E-state index in [2.05, 4.69) is 44.2 Å². The Bertz CT molecular complexity index is 522. The molecule has 1 saturated carbocycles. The maximum atomic E-state index is 9.70. The second-order valence-electron chi connectivity index (χ2n) is 8.06. The first kappa shape index (κ1) is 20.8. The summed E-state index contributed by atoms with van der Waals surface area (Å²) in [6.45, 7) is 5.24. The molecule has 1 aromatic carbocycles. The van der Waals surface area contributed by atoms with Gasteiger partial charge in [-0.25, -0.2) is 0 Å². The van der Waals surface area contributed by atoms with Gasteiger partial charge in [-0.05, 0) is 55.2 Å². The highest BCUT2D eigenvalue weighted by Crippen LogP contribution is 2.37. The highest BCUT2D eigenvalue weighted by Gasteiger charge is 2.27. The van der Waals surface area contributed by atoms with Crippen LogP contribution in [0.1, 0.15) is 83.6 Å². The second kappa shape index (κ2) is 12.0. The molecule has 26 heavy (non-hydrogen) atoms. The van der Waals surface area contributed by atoms with Gasteiger partial charge < -0.3 is 4.74 Å². The van der Waals surface area contributed by atoms with Gasteiger partial charge in [0.25, 0.3) is 0 Å². The van der Waals surface area contributed by atoms with Crippen LogP contribution < -0.4 is 4.74 Å². The van der Waals surface area contributed by atoms with Crippen LogP contribution in [0.3, 0.4) is 0 Å². The van der Waals surface area contributed by atoms with Crippen LogP contribution in [0.4, 0.5) is 0 Å². The van der Waals surface area contributed by atoms with E-state index in [4.69, 9.17) is 4.74 Å². The standard InChI is InChI=1S/C24H37NO/c1-3-5-7-8-20-9-13-22(14-10-20)23(19-25)18-21-11-15-24(16-12-21)26-17-6-4-2/h11-12,15-16,20,22-23H,3-10,13-14,17-18H2,1-2H3. The van der Waals surface area contributed by atoms with Gasteiger partial charge in [0, 0.05) is 0 Å². The highest BCUT2D eigenvalue weighted by molar-refractivity contribution is 5.28. The van der Waals surface area contributed by atoms with E-state index in [-0.39, 0.29) is 5.92 Å². The quantitative estimate of drug-likeness (QED) is 0.403. The summed E-state index contributed by atoms with van der Waals surface area (Å²) < 4.78 is 5.74. The molecule has 1 aromatic rings. The Labute approximate surface area is 161 Å². The zero-order valence-corrected chi connectivity index (χ0v) is 16.9. The van der Waals surface area contributed by atoms with Crippen LogP contribution >= 0.6 is 0 Å². The van der Waals surface area contributed by atoms with Crippen LogP contribution in [0.25, 0.3) is 0 Å².